The summed E-state index contributed by atoms with van der Waals surface area (Å²) in [6.07, 6.45) is 3.82. The number of likely N-dealkylation sites (tertiary alicyclic amines) is 1. The Balaban J connectivity index is 1.18. The fourth-order valence-corrected chi connectivity index (χ4v) is 6.36. The van der Waals surface area contributed by atoms with E-state index in [-0.39, 0.29) is 6.04 Å². The summed E-state index contributed by atoms with van der Waals surface area (Å²) >= 11 is 12.4. The highest BCUT2D eigenvalue weighted by atomic mass is 35.5. The second-order valence-corrected chi connectivity index (χ2v) is 11.8. The number of rotatable bonds is 8. The van der Waals surface area contributed by atoms with Crippen molar-refractivity contribution < 1.29 is 19.0 Å². The van der Waals surface area contributed by atoms with Crippen LogP contribution in [0, 0.1) is 0 Å². The SMILES string of the molecule is COC1CCN(CCCOc2ccc(C3c4[nH]c5ccc(Cl)cc5c4CCN3C(=O)Oc3ccc(Cl)cc3)cc2)CC1. The van der Waals surface area contributed by atoms with Gasteiger partial charge in [0, 0.05) is 59.9 Å². The van der Waals surface area contributed by atoms with Crippen molar-refractivity contribution in [1.82, 2.24) is 14.8 Å². The average Bonchev–Trinajstić information content (AvgIpc) is 3.38. The molecule has 1 atom stereocenters. The number of hydrogen-bond acceptors (Lipinski definition) is 5. The van der Waals surface area contributed by atoms with Crippen molar-refractivity contribution in [2.45, 2.75) is 37.8 Å². The van der Waals surface area contributed by atoms with Gasteiger partial charge in [-0.3, -0.25) is 4.90 Å². The van der Waals surface area contributed by atoms with Crippen LogP contribution in [0.25, 0.3) is 10.9 Å². The number of amides is 1. The number of piperidine rings is 1. The van der Waals surface area contributed by atoms with E-state index in [2.05, 4.69) is 9.88 Å². The molecule has 42 heavy (non-hydrogen) atoms. The predicted molar refractivity (Wildman–Crippen MR) is 166 cm³/mol. The van der Waals surface area contributed by atoms with Crippen LogP contribution in [0.3, 0.4) is 0 Å². The van der Waals surface area contributed by atoms with E-state index in [4.69, 9.17) is 37.4 Å². The molecular formula is C33H35Cl2N3O4. The molecule has 2 aliphatic heterocycles. The Labute approximate surface area is 256 Å². The quantitative estimate of drug-likeness (QED) is 0.210. The van der Waals surface area contributed by atoms with Crippen molar-refractivity contribution in [3.63, 3.8) is 0 Å². The standard InChI is InChI=1S/C33H35Cl2N3O4/c1-40-25-13-17-37(18-14-25)16-2-20-41-26-8-3-22(4-9-26)32-31-28(29-21-24(35)7-12-30(29)36-31)15-19-38(32)33(39)42-27-10-5-23(34)6-11-27/h3-12,21,25,32,36H,2,13-20H2,1H3. The molecule has 0 spiro atoms. The third-order valence-corrected chi connectivity index (χ3v) is 8.78. The van der Waals surface area contributed by atoms with Gasteiger partial charge in [0.1, 0.15) is 17.5 Å². The zero-order valence-corrected chi connectivity index (χ0v) is 25.2. The minimum absolute atomic E-state index is 0.358. The molecule has 6 rings (SSSR count). The van der Waals surface area contributed by atoms with Crippen LogP contribution >= 0.6 is 23.2 Å². The minimum atomic E-state index is -0.417. The molecule has 0 radical (unpaired) electrons. The number of benzene rings is 3. The maximum Gasteiger partial charge on any atom is 0.416 e. The van der Waals surface area contributed by atoms with Gasteiger partial charge in [0.05, 0.1) is 12.7 Å². The lowest BCUT2D eigenvalue weighted by molar-refractivity contribution is 0.0398. The summed E-state index contributed by atoms with van der Waals surface area (Å²) < 4.78 is 17.3. The normalized spacial score (nSPS) is 17.8. The van der Waals surface area contributed by atoms with Crippen LogP contribution in [0.5, 0.6) is 11.5 Å². The lowest BCUT2D eigenvalue weighted by atomic mass is 9.92. The summed E-state index contributed by atoms with van der Waals surface area (Å²) in [5, 5.41) is 2.35. The van der Waals surface area contributed by atoms with Crippen LogP contribution < -0.4 is 9.47 Å². The van der Waals surface area contributed by atoms with Crippen molar-refractivity contribution in [2.75, 3.05) is 39.9 Å². The van der Waals surface area contributed by atoms with Crippen molar-refractivity contribution >= 4 is 40.2 Å². The van der Waals surface area contributed by atoms with Crippen LogP contribution in [0.15, 0.2) is 66.7 Å². The number of carbonyl (C=O) groups excluding carboxylic acids is 1. The molecule has 0 bridgehead atoms. The monoisotopic (exact) mass is 607 g/mol. The summed E-state index contributed by atoms with van der Waals surface area (Å²) in [5.41, 5.74) is 4.10. The molecule has 1 aromatic heterocycles. The molecule has 4 aromatic rings. The number of aromatic nitrogens is 1. The predicted octanol–water partition coefficient (Wildman–Crippen LogP) is 7.50. The number of methoxy groups -OCH3 is 1. The smallest absolute Gasteiger partial charge is 0.416 e. The van der Waals surface area contributed by atoms with E-state index in [9.17, 15) is 4.79 Å². The van der Waals surface area contributed by atoms with Gasteiger partial charge in [-0.15, -0.1) is 0 Å². The molecule has 7 nitrogen and oxygen atoms in total. The number of ether oxygens (including phenoxy) is 3. The molecule has 1 fully saturated rings. The summed E-state index contributed by atoms with van der Waals surface area (Å²) in [5.74, 6) is 1.26. The Hall–Kier alpha value is -3.23. The van der Waals surface area contributed by atoms with Gasteiger partial charge in [-0.25, -0.2) is 4.79 Å². The summed E-state index contributed by atoms with van der Waals surface area (Å²) in [6, 6.07) is 20.3. The molecule has 3 aromatic carbocycles. The Morgan fingerprint density at radius 3 is 2.38 bits per heavy atom. The molecule has 0 saturated carbocycles. The van der Waals surface area contributed by atoms with Gasteiger partial charge in [-0.05, 0) is 91.4 Å². The molecule has 3 heterocycles. The van der Waals surface area contributed by atoms with E-state index in [0.29, 0.717) is 41.5 Å². The van der Waals surface area contributed by atoms with Crippen LogP contribution in [0.1, 0.15) is 42.1 Å². The molecule has 220 valence electrons. The first-order chi connectivity index (χ1) is 20.5. The maximum absolute atomic E-state index is 13.5. The lowest BCUT2D eigenvalue weighted by Crippen LogP contribution is -2.42. The van der Waals surface area contributed by atoms with Crippen molar-refractivity contribution in [3.8, 4) is 11.5 Å². The Morgan fingerprint density at radius 2 is 1.64 bits per heavy atom. The van der Waals surface area contributed by atoms with Crippen LogP contribution in [0.4, 0.5) is 4.79 Å². The van der Waals surface area contributed by atoms with E-state index < -0.39 is 6.09 Å². The molecule has 0 aliphatic carbocycles. The number of fused-ring (bicyclic) bond motifs is 3. The number of nitrogens with zero attached hydrogens (tertiary/aromatic N) is 2. The van der Waals surface area contributed by atoms with Crippen molar-refractivity contribution in [2.24, 2.45) is 0 Å². The third kappa shape index (κ3) is 6.40. The number of H-pyrrole nitrogens is 1. The highest BCUT2D eigenvalue weighted by molar-refractivity contribution is 6.31. The first kappa shape index (κ1) is 28.9. The number of hydrogen-bond donors (Lipinski definition) is 1. The van der Waals surface area contributed by atoms with Crippen LogP contribution in [-0.4, -0.2) is 66.9 Å². The topological polar surface area (TPSA) is 67.0 Å². The Morgan fingerprint density at radius 1 is 0.929 bits per heavy atom. The van der Waals surface area contributed by atoms with Gasteiger partial charge >= 0.3 is 6.09 Å². The molecule has 1 amide bonds. The van der Waals surface area contributed by atoms with Gasteiger partial charge in [0.25, 0.3) is 0 Å². The van der Waals surface area contributed by atoms with E-state index in [0.717, 1.165) is 66.8 Å². The first-order valence-electron chi connectivity index (χ1n) is 14.5. The zero-order valence-electron chi connectivity index (χ0n) is 23.7. The average molecular weight is 609 g/mol. The second-order valence-electron chi connectivity index (χ2n) is 10.9. The molecule has 1 N–H and O–H groups in total. The molecule has 2 aliphatic rings. The molecular weight excluding hydrogens is 573 g/mol. The zero-order chi connectivity index (χ0) is 29.1. The number of nitrogens with one attached hydrogen (secondary N) is 1. The molecule has 9 heteroatoms. The van der Waals surface area contributed by atoms with Crippen molar-refractivity contribution in [1.29, 1.82) is 0 Å². The Kier molecular flexibility index (Phi) is 8.91. The number of halogens is 2. The largest absolute Gasteiger partial charge is 0.494 e. The van der Waals surface area contributed by atoms with E-state index in [1.165, 1.54) is 5.56 Å². The summed E-state index contributed by atoms with van der Waals surface area (Å²) in [4.78, 5) is 21.3. The van der Waals surface area contributed by atoms with E-state index in [1.807, 2.05) is 42.5 Å². The number of aromatic amines is 1. The van der Waals surface area contributed by atoms with Crippen LogP contribution in [-0.2, 0) is 11.2 Å². The highest BCUT2D eigenvalue weighted by Crippen LogP contribution is 2.40. The fourth-order valence-electron chi connectivity index (χ4n) is 6.06. The van der Waals surface area contributed by atoms with Crippen molar-refractivity contribution in [3.05, 3.63) is 93.6 Å². The fraction of sp³-hybridized carbons (Fsp3) is 0.364. The summed E-state index contributed by atoms with van der Waals surface area (Å²) in [7, 11) is 1.80. The van der Waals surface area contributed by atoms with Gasteiger partial charge < -0.3 is 24.1 Å². The van der Waals surface area contributed by atoms with Crippen LogP contribution in [0.2, 0.25) is 10.0 Å². The molecule has 1 unspecified atom stereocenters. The summed E-state index contributed by atoms with van der Waals surface area (Å²) in [6.45, 7) is 4.33. The highest BCUT2D eigenvalue weighted by Gasteiger charge is 2.36. The van der Waals surface area contributed by atoms with E-state index in [1.54, 1.807) is 36.3 Å². The van der Waals surface area contributed by atoms with Gasteiger partial charge in [-0.2, -0.15) is 0 Å². The first-order valence-corrected chi connectivity index (χ1v) is 15.3. The van der Waals surface area contributed by atoms with E-state index >= 15 is 0 Å². The van der Waals surface area contributed by atoms with Gasteiger partial charge in [-0.1, -0.05) is 35.3 Å². The second kappa shape index (κ2) is 13.0. The minimum Gasteiger partial charge on any atom is -0.494 e. The maximum atomic E-state index is 13.5. The third-order valence-electron chi connectivity index (χ3n) is 8.29. The Bertz CT molecular complexity index is 1520. The number of carbonyl (C=O) groups is 1. The van der Waals surface area contributed by atoms with Gasteiger partial charge in [0.15, 0.2) is 0 Å². The lowest BCUT2D eigenvalue weighted by Gasteiger charge is -2.35. The molecule has 1 saturated heterocycles. The van der Waals surface area contributed by atoms with Gasteiger partial charge in [0.2, 0.25) is 0 Å².